The largest absolute Gasteiger partial charge is 0.361 e. The highest BCUT2D eigenvalue weighted by atomic mass is 35.5. The van der Waals surface area contributed by atoms with Gasteiger partial charge in [-0.15, -0.1) is 0 Å². The fourth-order valence-electron chi connectivity index (χ4n) is 3.85. The van der Waals surface area contributed by atoms with E-state index in [2.05, 4.69) is 22.8 Å². The molecule has 2 aromatic carbocycles. The molecule has 0 unspecified atom stereocenters. The summed E-state index contributed by atoms with van der Waals surface area (Å²) in [6.45, 7) is 0. The van der Waals surface area contributed by atoms with E-state index in [9.17, 15) is 4.79 Å². The van der Waals surface area contributed by atoms with Crippen molar-refractivity contribution in [2.24, 2.45) is 4.99 Å². The van der Waals surface area contributed by atoms with E-state index in [-0.39, 0.29) is 11.6 Å². The van der Waals surface area contributed by atoms with Crippen LogP contribution in [-0.4, -0.2) is 22.4 Å². The second-order valence-electron chi connectivity index (χ2n) is 7.35. The molecule has 1 saturated carbocycles. The molecule has 1 amide bonds. The average molecular weight is 414 g/mol. The zero-order chi connectivity index (χ0) is 19.4. The molecule has 1 heterocycles. The molecule has 1 aliphatic carbocycles. The third-order valence-corrected chi connectivity index (χ3v) is 6.58. The summed E-state index contributed by atoms with van der Waals surface area (Å²) in [7, 11) is 0. The molecule has 2 aliphatic rings. The van der Waals surface area contributed by atoms with E-state index >= 15 is 0 Å². The van der Waals surface area contributed by atoms with Crippen LogP contribution in [0.15, 0.2) is 53.5 Å². The van der Waals surface area contributed by atoms with Crippen LogP contribution in [0.1, 0.15) is 44.1 Å². The van der Waals surface area contributed by atoms with Crippen LogP contribution in [0.25, 0.3) is 0 Å². The Balaban J connectivity index is 1.51. The molecular weight excluding hydrogens is 390 g/mol. The minimum atomic E-state index is -0.230. The Labute approximate surface area is 175 Å². The predicted molar refractivity (Wildman–Crippen MR) is 120 cm³/mol. The number of carbonyl (C=O) groups is 1. The van der Waals surface area contributed by atoms with Crippen LogP contribution in [0.3, 0.4) is 0 Å². The van der Waals surface area contributed by atoms with Gasteiger partial charge in [0.05, 0.1) is 16.5 Å². The number of benzene rings is 2. The molecule has 4 rings (SSSR count). The van der Waals surface area contributed by atoms with Crippen LogP contribution in [0.4, 0.5) is 11.4 Å². The predicted octanol–water partition coefficient (Wildman–Crippen LogP) is 5.93. The van der Waals surface area contributed by atoms with Gasteiger partial charge >= 0.3 is 0 Å². The Morgan fingerprint density at radius 3 is 2.57 bits per heavy atom. The third-order valence-electron chi connectivity index (χ3n) is 5.26. The van der Waals surface area contributed by atoms with Crippen molar-refractivity contribution in [3.63, 3.8) is 0 Å². The van der Waals surface area contributed by atoms with Gasteiger partial charge in [-0.05, 0) is 43.9 Å². The highest BCUT2D eigenvalue weighted by molar-refractivity contribution is 8.15. The Morgan fingerprint density at radius 2 is 1.79 bits per heavy atom. The highest BCUT2D eigenvalue weighted by Crippen LogP contribution is 2.39. The van der Waals surface area contributed by atoms with Gasteiger partial charge in [0.15, 0.2) is 0 Å². The number of thioether (sulfide) groups is 1. The lowest BCUT2D eigenvalue weighted by molar-refractivity contribution is -0.113. The fraction of sp³-hybridized carbons (Fsp3) is 0.364. The number of nitrogens with one attached hydrogen (secondary N) is 2. The summed E-state index contributed by atoms with van der Waals surface area (Å²) in [6.07, 6.45) is 6.98. The zero-order valence-electron chi connectivity index (χ0n) is 15.7. The van der Waals surface area contributed by atoms with Crippen LogP contribution >= 0.6 is 23.4 Å². The molecule has 4 nitrogen and oxygen atoms in total. The maximum atomic E-state index is 12.5. The number of nitrogens with zero attached hydrogens (tertiary/aromatic N) is 1. The average Bonchev–Trinajstić information content (AvgIpc) is 2.93. The van der Waals surface area contributed by atoms with Gasteiger partial charge in [0.2, 0.25) is 5.91 Å². The molecule has 0 saturated heterocycles. The van der Waals surface area contributed by atoms with Crippen LogP contribution in [-0.2, 0) is 4.79 Å². The third kappa shape index (κ3) is 4.36. The van der Waals surface area contributed by atoms with Gasteiger partial charge in [-0.1, -0.05) is 66.5 Å². The van der Waals surface area contributed by atoms with Crippen molar-refractivity contribution in [3.8, 4) is 0 Å². The highest BCUT2D eigenvalue weighted by Gasteiger charge is 2.35. The summed E-state index contributed by atoms with van der Waals surface area (Å²) in [5.41, 5.74) is 2.61. The number of para-hydroxylation sites is 2. The van der Waals surface area contributed by atoms with E-state index in [4.69, 9.17) is 16.6 Å². The van der Waals surface area contributed by atoms with E-state index in [1.807, 2.05) is 30.3 Å². The number of carbonyl (C=O) groups excluding carboxylic acids is 1. The van der Waals surface area contributed by atoms with Crippen LogP contribution in [0.5, 0.6) is 0 Å². The number of anilines is 2. The lowest BCUT2D eigenvalue weighted by Gasteiger charge is -2.36. The zero-order valence-corrected chi connectivity index (χ0v) is 17.3. The molecule has 1 spiro atoms. The second-order valence-corrected chi connectivity index (χ2v) is 8.72. The minimum Gasteiger partial charge on any atom is -0.361 e. The molecule has 146 valence electrons. The Bertz CT molecular complexity index is 891. The number of fused-ring (bicyclic) bond motifs is 1. The van der Waals surface area contributed by atoms with E-state index in [1.54, 1.807) is 6.07 Å². The molecule has 6 heteroatoms. The SMILES string of the molecule is O=C(CSC1=NC2(CCCCCC2)Nc2ccccc21)Nc1ccccc1Cl. The molecule has 2 aromatic rings. The summed E-state index contributed by atoms with van der Waals surface area (Å²) in [4.78, 5) is 17.6. The Hall–Kier alpha value is -1.98. The molecule has 0 atom stereocenters. The maximum absolute atomic E-state index is 12.5. The van der Waals surface area contributed by atoms with Gasteiger partial charge < -0.3 is 10.6 Å². The summed E-state index contributed by atoms with van der Waals surface area (Å²) >= 11 is 7.65. The first-order valence-corrected chi connectivity index (χ1v) is 11.2. The molecule has 2 N–H and O–H groups in total. The number of aliphatic imine (C=N–C) groups is 1. The van der Waals surface area contributed by atoms with E-state index in [1.165, 1.54) is 37.4 Å². The van der Waals surface area contributed by atoms with Gasteiger partial charge in [0.1, 0.15) is 10.7 Å². The molecular formula is C22H24ClN3OS. The van der Waals surface area contributed by atoms with Gasteiger partial charge in [0.25, 0.3) is 0 Å². The van der Waals surface area contributed by atoms with Crippen molar-refractivity contribution in [1.29, 1.82) is 0 Å². The standard InChI is InChI=1S/C22H24ClN3OS/c23-17-10-4-6-12-19(17)24-20(27)15-28-21-16-9-3-5-11-18(16)25-22(26-21)13-7-1-2-8-14-22/h3-6,9-12,25H,1-2,7-8,13-15H2,(H,24,27). The molecule has 0 aromatic heterocycles. The first kappa shape index (κ1) is 19.3. The first-order valence-electron chi connectivity index (χ1n) is 9.80. The van der Waals surface area contributed by atoms with Crippen molar-refractivity contribution in [1.82, 2.24) is 0 Å². The van der Waals surface area contributed by atoms with Gasteiger partial charge in [-0.3, -0.25) is 4.79 Å². The number of amides is 1. The van der Waals surface area contributed by atoms with Gasteiger partial charge in [-0.25, -0.2) is 4.99 Å². The normalized spacial score (nSPS) is 17.8. The summed E-state index contributed by atoms with van der Waals surface area (Å²) < 4.78 is 0. The lowest BCUT2D eigenvalue weighted by Crippen LogP contribution is -2.40. The molecule has 28 heavy (non-hydrogen) atoms. The fourth-order valence-corrected chi connectivity index (χ4v) is 4.95. The van der Waals surface area contributed by atoms with Gasteiger partial charge in [0, 0.05) is 11.3 Å². The van der Waals surface area contributed by atoms with Crippen molar-refractivity contribution < 1.29 is 4.79 Å². The number of halogens is 1. The number of hydrogen-bond donors (Lipinski definition) is 2. The van der Waals surface area contributed by atoms with Crippen molar-refractivity contribution >= 4 is 45.7 Å². The van der Waals surface area contributed by atoms with Crippen LogP contribution in [0.2, 0.25) is 5.02 Å². The van der Waals surface area contributed by atoms with E-state index < -0.39 is 0 Å². The van der Waals surface area contributed by atoms with Crippen LogP contribution < -0.4 is 10.6 Å². The monoisotopic (exact) mass is 413 g/mol. The first-order chi connectivity index (χ1) is 13.7. The summed E-state index contributed by atoms with van der Waals surface area (Å²) in [5.74, 6) is 0.223. The maximum Gasteiger partial charge on any atom is 0.234 e. The summed E-state index contributed by atoms with van der Waals surface area (Å²) in [5, 5.41) is 8.08. The molecule has 1 fully saturated rings. The molecule has 0 bridgehead atoms. The van der Waals surface area contributed by atoms with Crippen molar-refractivity contribution in [3.05, 3.63) is 59.1 Å². The summed E-state index contributed by atoms with van der Waals surface area (Å²) in [6, 6.07) is 15.5. The van der Waals surface area contributed by atoms with E-state index in [0.29, 0.717) is 16.5 Å². The second kappa shape index (κ2) is 8.58. The topological polar surface area (TPSA) is 53.5 Å². The number of rotatable bonds is 3. The molecule has 1 aliphatic heterocycles. The smallest absolute Gasteiger partial charge is 0.234 e. The van der Waals surface area contributed by atoms with E-state index in [0.717, 1.165) is 29.1 Å². The molecule has 0 radical (unpaired) electrons. The lowest BCUT2D eigenvalue weighted by atomic mass is 9.97. The van der Waals surface area contributed by atoms with Gasteiger partial charge in [-0.2, -0.15) is 0 Å². The Morgan fingerprint density at radius 1 is 1.07 bits per heavy atom. The van der Waals surface area contributed by atoms with Crippen molar-refractivity contribution in [2.45, 2.75) is 44.2 Å². The van der Waals surface area contributed by atoms with Crippen LogP contribution in [0, 0.1) is 0 Å². The Kier molecular flexibility index (Phi) is 5.93. The minimum absolute atomic E-state index is 0.0771. The van der Waals surface area contributed by atoms with Crippen molar-refractivity contribution in [2.75, 3.05) is 16.4 Å². The quantitative estimate of drug-likeness (QED) is 0.655. The number of hydrogen-bond acceptors (Lipinski definition) is 4.